The first-order chi connectivity index (χ1) is 18.6. The molecule has 0 amide bonds. The number of nitriles is 1. The van der Waals surface area contributed by atoms with Gasteiger partial charge in [-0.2, -0.15) is 5.26 Å². The second-order valence-corrected chi connectivity index (χ2v) is 13.4. The van der Waals surface area contributed by atoms with E-state index < -0.39 is 0 Å². The molecule has 3 unspecified atom stereocenters. The molecule has 3 atom stereocenters. The maximum atomic E-state index is 8.55. The monoisotopic (exact) mass is 532 g/mol. The van der Waals surface area contributed by atoms with Crippen LogP contribution in [0.2, 0.25) is 0 Å². The topological polar surface area (TPSA) is 23.8 Å². The second kappa shape index (κ2) is 31.0. The van der Waals surface area contributed by atoms with E-state index in [4.69, 9.17) is 5.26 Å². The number of rotatable bonds is 31. The predicted molar refractivity (Wildman–Crippen MR) is 173 cm³/mol. The molecule has 0 saturated heterocycles. The van der Waals surface area contributed by atoms with E-state index in [2.05, 4.69) is 33.8 Å². The van der Waals surface area contributed by atoms with Crippen LogP contribution in [0.3, 0.4) is 0 Å². The van der Waals surface area contributed by atoms with Crippen LogP contribution in [-0.4, -0.2) is 0 Å². The molecule has 0 aromatic heterocycles. The van der Waals surface area contributed by atoms with E-state index in [-0.39, 0.29) is 0 Å². The first kappa shape index (κ1) is 37.5. The molecular weight excluding hydrogens is 458 g/mol. The quantitative estimate of drug-likeness (QED) is 0.0816. The van der Waals surface area contributed by atoms with Gasteiger partial charge in [0.1, 0.15) is 0 Å². The minimum Gasteiger partial charge on any atom is -0.198 e. The minimum absolute atomic E-state index is 0.747. The zero-order valence-corrected chi connectivity index (χ0v) is 27.2. The third-order valence-corrected chi connectivity index (χ3v) is 9.07. The molecule has 0 heterocycles. The van der Waals surface area contributed by atoms with Crippen molar-refractivity contribution in [2.75, 3.05) is 0 Å². The Morgan fingerprint density at radius 3 is 0.947 bits per heavy atom. The van der Waals surface area contributed by atoms with Gasteiger partial charge in [-0.25, -0.2) is 0 Å². The molecule has 0 aromatic carbocycles. The summed E-state index contributed by atoms with van der Waals surface area (Å²) in [5.74, 6) is 2.81. The van der Waals surface area contributed by atoms with Crippen molar-refractivity contribution in [1.82, 2.24) is 0 Å². The average Bonchev–Trinajstić information content (AvgIpc) is 2.90. The number of nitrogens with zero attached hydrogens (tertiary/aromatic N) is 1. The van der Waals surface area contributed by atoms with Crippen molar-refractivity contribution in [2.45, 2.75) is 214 Å². The van der Waals surface area contributed by atoms with E-state index >= 15 is 0 Å². The maximum absolute atomic E-state index is 8.55. The number of hydrogen-bond donors (Lipinski definition) is 0. The highest BCUT2D eigenvalue weighted by molar-refractivity contribution is 4.67. The van der Waals surface area contributed by atoms with Crippen molar-refractivity contribution in [1.29, 1.82) is 5.26 Å². The third kappa shape index (κ3) is 30.0. The van der Waals surface area contributed by atoms with Crippen molar-refractivity contribution in [2.24, 2.45) is 17.8 Å². The van der Waals surface area contributed by atoms with Crippen LogP contribution in [0.5, 0.6) is 0 Å². The van der Waals surface area contributed by atoms with Crippen molar-refractivity contribution in [3.05, 3.63) is 0 Å². The molecule has 1 heteroatoms. The molecule has 0 aliphatic carbocycles. The van der Waals surface area contributed by atoms with Gasteiger partial charge >= 0.3 is 0 Å². The Hall–Kier alpha value is -0.510. The Labute approximate surface area is 242 Å². The SMILES string of the molecule is CCCCCCCCCC(C)CCCC(C)CCCC(C)CCCCCCCCCCCCCCCC#N. The highest BCUT2D eigenvalue weighted by Crippen LogP contribution is 2.23. The van der Waals surface area contributed by atoms with Crippen LogP contribution in [0.4, 0.5) is 0 Å². The first-order valence-electron chi connectivity index (χ1n) is 18.0. The lowest BCUT2D eigenvalue weighted by atomic mass is 9.90. The second-order valence-electron chi connectivity index (χ2n) is 13.4. The standard InChI is InChI=1S/C37H73N/c1-5-6-7-8-17-20-23-28-35(2)30-26-32-37(4)33-27-31-36(3)29-24-21-18-15-13-11-9-10-12-14-16-19-22-25-34-38/h35-37H,5-33H2,1-4H3. The Kier molecular flexibility index (Phi) is 30.6. The lowest BCUT2D eigenvalue weighted by Gasteiger charge is -2.16. The fraction of sp³-hybridized carbons (Fsp3) is 0.973. The molecule has 0 N–H and O–H groups in total. The lowest BCUT2D eigenvalue weighted by Crippen LogP contribution is -2.01. The van der Waals surface area contributed by atoms with Crippen molar-refractivity contribution < 1.29 is 0 Å². The van der Waals surface area contributed by atoms with Gasteiger partial charge in [0, 0.05) is 6.42 Å². The van der Waals surface area contributed by atoms with Gasteiger partial charge in [-0.15, -0.1) is 0 Å². The largest absolute Gasteiger partial charge is 0.198 e. The minimum atomic E-state index is 0.747. The van der Waals surface area contributed by atoms with Crippen LogP contribution in [0.15, 0.2) is 0 Å². The zero-order chi connectivity index (χ0) is 27.9. The fourth-order valence-electron chi connectivity index (χ4n) is 6.15. The fourth-order valence-corrected chi connectivity index (χ4v) is 6.15. The summed E-state index contributed by atoms with van der Waals surface area (Å²) in [6, 6.07) is 2.25. The summed E-state index contributed by atoms with van der Waals surface area (Å²) < 4.78 is 0. The summed E-state index contributed by atoms with van der Waals surface area (Å²) in [6.45, 7) is 9.81. The van der Waals surface area contributed by atoms with E-state index in [9.17, 15) is 0 Å². The first-order valence-corrected chi connectivity index (χ1v) is 18.0. The number of hydrogen-bond acceptors (Lipinski definition) is 1. The molecule has 0 aromatic rings. The molecule has 0 aliphatic rings. The summed E-state index contributed by atoms with van der Waals surface area (Å²) in [7, 11) is 0. The normalized spacial score (nSPS) is 13.9. The summed E-state index contributed by atoms with van der Waals surface area (Å²) in [5.41, 5.74) is 0. The van der Waals surface area contributed by atoms with Crippen LogP contribution in [-0.2, 0) is 0 Å². The highest BCUT2D eigenvalue weighted by atomic mass is 14.2. The summed E-state index contributed by atoms with van der Waals surface area (Å²) in [6.07, 6.45) is 40.6. The molecule has 0 rings (SSSR count). The van der Waals surface area contributed by atoms with E-state index in [1.807, 2.05) is 0 Å². The van der Waals surface area contributed by atoms with E-state index in [1.54, 1.807) is 0 Å². The molecule has 38 heavy (non-hydrogen) atoms. The van der Waals surface area contributed by atoms with Crippen molar-refractivity contribution >= 4 is 0 Å². The van der Waals surface area contributed by atoms with E-state index in [1.165, 1.54) is 173 Å². The predicted octanol–water partition coefficient (Wildman–Crippen LogP) is 13.8. The van der Waals surface area contributed by atoms with Crippen LogP contribution < -0.4 is 0 Å². The van der Waals surface area contributed by atoms with Gasteiger partial charge in [0.15, 0.2) is 0 Å². The van der Waals surface area contributed by atoms with Gasteiger partial charge in [0.2, 0.25) is 0 Å². The van der Waals surface area contributed by atoms with Crippen LogP contribution in [0.1, 0.15) is 214 Å². The summed E-state index contributed by atoms with van der Waals surface area (Å²) >= 11 is 0. The van der Waals surface area contributed by atoms with Gasteiger partial charge in [0.05, 0.1) is 6.07 Å². The van der Waals surface area contributed by atoms with Gasteiger partial charge in [0.25, 0.3) is 0 Å². The van der Waals surface area contributed by atoms with Gasteiger partial charge in [-0.05, 0) is 24.2 Å². The zero-order valence-electron chi connectivity index (χ0n) is 27.2. The Bertz CT molecular complexity index is 478. The van der Waals surface area contributed by atoms with Crippen LogP contribution in [0.25, 0.3) is 0 Å². The van der Waals surface area contributed by atoms with Gasteiger partial charge in [-0.3, -0.25) is 0 Å². The number of unbranched alkanes of at least 4 members (excludes halogenated alkanes) is 19. The Morgan fingerprint density at radius 2 is 0.632 bits per heavy atom. The van der Waals surface area contributed by atoms with Crippen LogP contribution >= 0.6 is 0 Å². The third-order valence-electron chi connectivity index (χ3n) is 9.07. The van der Waals surface area contributed by atoms with Crippen molar-refractivity contribution in [3.8, 4) is 6.07 Å². The van der Waals surface area contributed by atoms with Crippen LogP contribution in [0, 0.1) is 29.1 Å². The Morgan fingerprint density at radius 1 is 0.368 bits per heavy atom. The van der Waals surface area contributed by atoms with E-state index in [0.717, 1.165) is 30.6 Å². The molecule has 0 bridgehead atoms. The molecule has 0 saturated carbocycles. The maximum Gasteiger partial charge on any atom is 0.0621 e. The van der Waals surface area contributed by atoms with Gasteiger partial charge < -0.3 is 0 Å². The van der Waals surface area contributed by atoms with Crippen molar-refractivity contribution in [3.63, 3.8) is 0 Å². The van der Waals surface area contributed by atoms with Gasteiger partial charge in [-0.1, -0.05) is 201 Å². The summed E-state index contributed by atoms with van der Waals surface area (Å²) in [5, 5.41) is 8.55. The molecule has 1 nitrogen and oxygen atoms in total. The molecule has 226 valence electrons. The average molecular weight is 532 g/mol. The molecule has 0 fully saturated rings. The lowest BCUT2D eigenvalue weighted by molar-refractivity contribution is 0.373. The smallest absolute Gasteiger partial charge is 0.0621 e. The Balaban J connectivity index is 3.36. The summed E-state index contributed by atoms with van der Waals surface area (Å²) in [4.78, 5) is 0. The molecule has 0 spiro atoms. The molecular formula is C37H73N. The molecule has 0 aliphatic heterocycles. The van der Waals surface area contributed by atoms with E-state index in [0.29, 0.717) is 0 Å². The molecule has 0 radical (unpaired) electrons. The highest BCUT2D eigenvalue weighted by Gasteiger charge is 2.08.